The Morgan fingerprint density at radius 1 is 0.558 bits per heavy atom. The fraction of sp³-hybridized carbons (Fsp3) is 0.905. The summed E-state index contributed by atoms with van der Waals surface area (Å²) in [5.74, 6) is -0.829. The van der Waals surface area contributed by atoms with Crippen molar-refractivity contribution >= 4 is 19.8 Å². The number of unbranched alkanes of at least 4 members (excludes halogenated alkanes) is 26. The molecule has 0 aliphatic carbocycles. The van der Waals surface area contributed by atoms with Crippen molar-refractivity contribution in [2.24, 2.45) is 5.73 Å². The molecule has 10 heteroatoms. The van der Waals surface area contributed by atoms with E-state index in [-0.39, 0.29) is 38.6 Å². The molecule has 0 saturated carbocycles. The molecule has 0 heterocycles. The van der Waals surface area contributed by atoms with Crippen LogP contribution < -0.4 is 5.73 Å². The number of esters is 2. The molecule has 0 rings (SSSR count). The summed E-state index contributed by atoms with van der Waals surface area (Å²) < 4.78 is 32.7. The van der Waals surface area contributed by atoms with Gasteiger partial charge in [-0.2, -0.15) is 0 Å². The Morgan fingerprint density at radius 2 is 0.942 bits per heavy atom. The zero-order valence-electron chi connectivity index (χ0n) is 33.8. The second-order valence-electron chi connectivity index (χ2n) is 14.6. The van der Waals surface area contributed by atoms with Gasteiger partial charge in [0, 0.05) is 19.4 Å². The van der Waals surface area contributed by atoms with E-state index in [9.17, 15) is 19.0 Å². The van der Waals surface area contributed by atoms with E-state index in [0.29, 0.717) is 6.42 Å². The molecule has 0 aromatic rings. The SMILES string of the molecule is CCCCC/C=C/CCCCCCCC(=O)O[C@@H](COC(=O)CCCCCCCCCCCCCCCCCCCCC)COP(=O)(O)OCCN. The molecule has 9 nitrogen and oxygen atoms in total. The van der Waals surface area contributed by atoms with Gasteiger partial charge in [-0.05, 0) is 38.5 Å². The molecule has 1 unspecified atom stereocenters. The van der Waals surface area contributed by atoms with Gasteiger partial charge < -0.3 is 20.1 Å². The van der Waals surface area contributed by atoms with Crippen molar-refractivity contribution in [3.63, 3.8) is 0 Å². The number of ether oxygens (including phenoxy) is 2. The van der Waals surface area contributed by atoms with Crippen LogP contribution in [0.1, 0.15) is 213 Å². The topological polar surface area (TPSA) is 134 Å². The summed E-state index contributed by atoms with van der Waals surface area (Å²) in [7, 11) is -4.37. The molecule has 0 bridgehead atoms. The molecule has 0 spiro atoms. The summed E-state index contributed by atoms with van der Waals surface area (Å²) in [5, 5.41) is 0. The predicted molar refractivity (Wildman–Crippen MR) is 215 cm³/mol. The Bertz CT molecular complexity index is 871. The normalized spacial score (nSPS) is 13.4. The van der Waals surface area contributed by atoms with Crippen LogP contribution in [0.15, 0.2) is 12.2 Å². The number of carbonyl (C=O) groups is 2. The maximum atomic E-state index is 12.5. The van der Waals surface area contributed by atoms with Gasteiger partial charge in [0.25, 0.3) is 0 Å². The summed E-state index contributed by atoms with van der Waals surface area (Å²) in [6.07, 6.45) is 39.6. The number of phosphoric ester groups is 1. The molecular formula is C42H82NO8P. The lowest BCUT2D eigenvalue weighted by molar-refractivity contribution is -0.161. The van der Waals surface area contributed by atoms with Crippen LogP contribution in [0.4, 0.5) is 0 Å². The molecule has 0 aliphatic heterocycles. The number of hydrogen-bond acceptors (Lipinski definition) is 8. The van der Waals surface area contributed by atoms with Gasteiger partial charge in [0.1, 0.15) is 6.61 Å². The molecule has 0 aliphatic rings. The third-order valence-electron chi connectivity index (χ3n) is 9.40. The average Bonchev–Trinajstić information content (AvgIpc) is 3.13. The molecule has 0 amide bonds. The third-order valence-corrected chi connectivity index (χ3v) is 10.4. The van der Waals surface area contributed by atoms with E-state index >= 15 is 0 Å². The molecule has 2 atom stereocenters. The van der Waals surface area contributed by atoms with Crippen molar-refractivity contribution in [3.05, 3.63) is 12.2 Å². The minimum atomic E-state index is -4.37. The molecule has 3 N–H and O–H groups in total. The van der Waals surface area contributed by atoms with Crippen LogP contribution >= 0.6 is 7.82 Å². The Balaban J connectivity index is 4.07. The zero-order chi connectivity index (χ0) is 38.2. The number of allylic oxidation sites excluding steroid dienone is 2. The number of rotatable bonds is 41. The Hall–Kier alpha value is -1.25. The van der Waals surface area contributed by atoms with Gasteiger partial charge in [-0.1, -0.05) is 174 Å². The Kier molecular flexibility index (Phi) is 38.5. The Labute approximate surface area is 319 Å². The van der Waals surface area contributed by atoms with Gasteiger partial charge in [0.2, 0.25) is 0 Å². The molecule has 0 aromatic heterocycles. The first-order valence-corrected chi connectivity index (χ1v) is 23.2. The summed E-state index contributed by atoms with van der Waals surface area (Å²) in [4.78, 5) is 34.8. The fourth-order valence-electron chi connectivity index (χ4n) is 6.16. The quantitative estimate of drug-likeness (QED) is 0.0270. The van der Waals surface area contributed by atoms with Crippen LogP contribution in [0.2, 0.25) is 0 Å². The first kappa shape index (κ1) is 50.8. The molecule has 0 radical (unpaired) electrons. The van der Waals surface area contributed by atoms with E-state index < -0.39 is 26.5 Å². The number of nitrogens with two attached hydrogens (primary N) is 1. The van der Waals surface area contributed by atoms with Gasteiger partial charge in [-0.3, -0.25) is 18.6 Å². The Morgan fingerprint density at radius 3 is 1.40 bits per heavy atom. The first-order chi connectivity index (χ1) is 25.3. The highest BCUT2D eigenvalue weighted by Gasteiger charge is 2.26. The minimum Gasteiger partial charge on any atom is -0.462 e. The summed E-state index contributed by atoms with van der Waals surface area (Å²) in [6.45, 7) is 3.72. The lowest BCUT2D eigenvalue weighted by Crippen LogP contribution is -2.29. The molecular weight excluding hydrogens is 677 g/mol. The van der Waals surface area contributed by atoms with Gasteiger partial charge in [-0.25, -0.2) is 4.57 Å². The number of hydrogen-bond donors (Lipinski definition) is 2. The number of phosphoric acid groups is 1. The molecule has 308 valence electrons. The van der Waals surface area contributed by atoms with Crippen molar-refractivity contribution in [1.29, 1.82) is 0 Å². The smallest absolute Gasteiger partial charge is 0.462 e. The highest BCUT2D eigenvalue weighted by Crippen LogP contribution is 2.43. The summed E-state index contributed by atoms with van der Waals surface area (Å²) in [6, 6.07) is 0. The van der Waals surface area contributed by atoms with E-state index in [4.69, 9.17) is 24.3 Å². The van der Waals surface area contributed by atoms with Crippen molar-refractivity contribution in [2.75, 3.05) is 26.4 Å². The number of carbonyl (C=O) groups excluding carboxylic acids is 2. The van der Waals surface area contributed by atoms with Gasteiger partial charge in [0.15, 0.2) is 6.10 Å². The highest BCUT2D eigenvalue weighted by molar-refractivity contribution is 7.47. The van der Waals surface area contributed by atoms with E-state index in [1.807, 2.05) is 0 Å². The molecule has 52 heavy (non-hydrogen) atoms. The third kappa shape index (κ3) is 38.5. The van der Waals surface area contributed by atoms with Crippen LogP contribution in [0, 0.1) is 0 Å². The lowest BCUT2D eigenvalue weighted by Gasteiger charge is -2.19. The van der Waals surface area contributed by atoms with E-state index in [0.717, 1.165) is 57.8 Å². The fourth-order valence-corrected chi connectivity index (χ4v) is 6.92. The van der Waals surface area contributed by atoms with Crippen molar-refractivity contribution in [3.8, 4) is 0 Å². The zero-order valence-corrected chi connectivity index (χ0v) is 34.7. The van der Waals surface area contributed by atoms with Crippen LogP contribution in [-0.2, 0) is 32.7 Å². The lowest BCUT2D eigenvalue weighted by atomic mass is 10.0. The van der Waals surface area contributed by atoms with Gasteiger partial charge in [0.05, 0.1) is 13.2 Å². The average molecular weight is 760 g/mol. The molecule has 0 aromatic carbocycles. The first-order valence-electron chi connectivity index (χ1n) is 21.7. The second kappa shape index (κ2) is 39.4. The minimum absolute atomic E-state index is 0.0547. The van der Waals surface area contributed by atoms with Crippen molar-refractivity contribution < 1.29 is 37.6 Å². The van der Waals surface area contributed by atoms with Crippen LogP contribution in [0.5, 0.6) is 0 Å². The predicted octanol–water partition coefficient (Wildman–Crippen LogP) is 12.2. The monoisotopic (exact) mass is 760 g/mol. The summed E-state index contributed by atoms with van der Waals surface area (Å²) >= 11 is 0. The summed E-state index contributed by atoms with van der Waals surface area (Å²) in [5.41, 5.74) is 5.34. The van der Waals surface area contributed by atoms with Gasteiger partial charge in [-0.15, -0.1) is 0 Å². The van der Waals surface area contributed by atoms with E-state index in [1.165, 1.54) is 122 Å². The molecule has 0 fully saturated rings. The van der Waals surface area contributed by atoms with Gasteiger partial charge >= 0.3 is 19.8 Å². The van der Waals surface area contributed by atoms with E-state index in [2.05, 4.69) is 26.0 Å². The standard InChI is InChI=1S/C42H82NO8P/c1-3-5-7-9-11-13-15-17-18-19-20-21-22-23-25-26-28-30-32-34-41(44)48-38-40(39-50-52(46,47)49-37-36-43)51-42(45)35-33-31-29-27-24-16-14-12-10-8-6-4-2/h12,14,40H,3-11,13,15-39,43H2,1-2H3,(H,46,47)/b14-12+/t40-/m0/s1. The maximum absolute atomic E-state index is 12.5. The van der Waals surface area contributed by atoms with Crippen LogP contribution in [0.3, 0.4) is 0 Å². The largest absolute Gasteiger partial charge is 0.472 e. The van der Waals surface area contributed by atoms with Crippen molar-refractivity contribution in [2.45, 2.75) is 219 Å². The van der Waals surface area contributed by atoms with E-state index in [1.54, 1.807) is 0 Å². The van der Waals surface area contributed by atoms with Crippen LogP contribution in [0.25, 0.3) is 0 Å². The second-order valence-corrected chi connectivity index (χ2v) is 16.0. The maximum Gasteiger partial charge on any atom is 0.472 e. The molecule has 0 saturated heterocycles. The van der Waals surface area contributed by atoms with Crippen molar-refractivity contribution in [1.82, 2.24) is 0 Å². The highest BCUT2D eigenvalue weighted by atomic mass is 31.2. The van der Waals surface area contributed by atoms with Crippen LogP contribution in [-0.4, -0.2) is 49.3 Å².